The molecule has 0 saturated carbocycles. The van der Waals surface area contributed by atoms with Crippen LogP contribution in [-0.2, 0) is 20.9 Å². The quantitative estimate of drug-likeness (QED) is 0.138. The van der Waals surface area contributed by atoms with E-state index in [2.05, 4.69) is 6.92 Å². The summed E-state index contributed by atoms with van der Waals surface area (Å²) in [5.74, 6) is -0.281. The molecule has 0 aliphatic carbocycles. The van der Waals surface area contributed by atoms with Crippen LogP contribution >= 0.6 is 0 Å². The second-order valence-electron chi connectivity index (χ2n) is 9.50. The Kier molecular flexibility index (Phi) is 9.39. The minimum absolute atomic E-state index is 0.0457. The molecule has 39 heavy (non-hydrogen) atoms. The van der Waals surface area contributed by atoms with Crippen molar-refractivity contribution in [3.63, 3.8) is 0 Å². The van der Waals surface area contributed by atoms with E-state index in [0.717, 1.165) is 24.0 Å². The van der Waals surface area contributed by atoms with Gasteiger partial charge >= 0.3 is 0 Å². The maximum atomic E-state index is 13.2. The van der Waals surface area contributed by atoms with Crippen molar-refractivity contribution in [1.29, 1.82) is 0 Å². The molecule has 0 radical (unpaired) electrons. The first-order valence-corrected chi connectivity index (χ1v) is 13.2. The normalized spacial score (nSPS) is 16.5. The first kappa shape index (κ1) is 27.9. The minimum Gasteiger partial charge on any atom is -0.507 e. The number of amides is 1. The minimum atomic E-state index is -0.748. The first-order valence-electron chi connectivity index (χ1n) is 13.2. The number of likely N-dealkylation sites (tertiary alicyclic amines) is 1. The molecule has 1 atom stereocenters. The number of hydrogen-bond acceptors (Lipinski definition) is 6. The second-order valence-corrected chi connectivity index (χ2v) is 9.50. The van der Waals surface area contributed by atoms with Crippen LogP contribution in [0.4, 0.5) is 0 Å². The van der Waals surface area contributed by atoms with Gasteiger partial charge in [-0.25, -0.2) is 0 Å². The van der Waals surface area contributed by atoms with Crippen molar-refractivity contribution in [1.82, 2.24) is 4.90 Å². The zero-order valence-corrected chi connectivity index (χ0v) is 22.7. The predicted octanol–water partition coefficient (Wildman–Crippen LogP) is 5.82. The Hall–Kier alpha value is -4.10. The van der Waals surface area contributed by atoms with Gasteiger partial charge in [-0.05, 0) is 66.4 Å². The lowest BCUT2D eigenvalue weighted by Crippen LogP contribution is -2.32. The predicted molar refractivity (Wildman–Crippen MR) is 150 cm³/mol. The molecule has 1 unspecified atom stereocenters. The van der Waals surface area contributed by atoms with Gasteiger partial charge in [0.15, 0.2) is 0 Å². The van der Waals surface area contributed by atoms with Crippen LogP contribution in [-0.4, -0.2) is 48.6 Å². The van der Waals surface area contributed by atoms with E-state index in [1.165, 1.54) is 12.0 Å². The molecule has 1 saturated heterocycles. The van der Waals surface area contributed by atoms with Crippen LogP contribution < -0.4 is 9.47 Å². The fraction of sp³-hybridized carbons (Fsp3) is 0.312. The van der Waals surface area contributed by atoms with Crippen molar-refractivity contribution in [2.24, 2.45) is 0 Å². The molecule has 1 N–H and O–H groups in total. The molecule has 3 aromatic carbocycles. The van der Waals surface area contributed by atoms with Crippen molar-refractivity contribution in [2.45, 2.75) is 39.3 Å². The van der Waals surface area contributed by atoms with Crippen molar-refractivity contribution in [3.8, 4) is 11.5 Å². The fourth-order valence-corrected chi connectivity index (χ4v) is 4.53. The topological polar surface area (TPSA) is 85.3 Å². The number of unbranched alkanes of at least 4 members (excludes halogenated alkanes) is 1. The number of carbonyl (C=O) groups is 2. The maximum Gasteiger partial charge on any atom is 0.295 e. The summed E-state index contributed by atoms with van der Waals surface area (Å²) in [6, 6.07) is 21.4. The average molecular weight is 530 g/mol. The molecule has 1 amide bonds. The number of rotatable bonds is 12. The van der Waals surface area contributed by atoms with Crippen LogP contribution in [0.5, 0.6) is 11.5 Å². The maximum absolute atomic E-state index is 13.2. The molecule has 0 spiro atoms. The molecule has 7 heteroatoms. The lowest BCUT2D eigenvalue weighted by Gasteiger charge is -2.25. The molecule has 7 nitrogen and oxygen atoms in total. The fourth-order valence-electron chi connectivity index (χ4n) is 4.53. The average Bonchev–Trinajstić information content (AvgIpc) is 3.21. The van der Waals surface area contributed by atoms with Gasteiger partial charge in [0.2, 0.25) is 0 Å². The van der Waals surface area contributed by atoms with Crippen LogP contribution in [0.3, 0.4) is 0 Å². The molecule has 1 fully saturated rings. The van der Waals surface area contributed by atoms with E-state index in [-0.39, 0.29) is 24.5 Å². The third-order valence-electron chi connectivity index (χ3n) is 6.82. The smallest absolute Gasteiger partial charge is 0.295 e. The molecule has 1 aliphatic rings. The SMILES string of the molecule is CCCCOc1ccc(C2/C(=C(\O)c3ccc(OCc4ccccc4C)cc3)C(=O)C(=O)N2CCOC)cc1. The third kappa shape index (κ3) is 6.49. The number of carbonyl (C=O) groups excluding carboxylic acids is 2. The largest absolute Gasteiger partial charge is 0.507 e. The summed E-state index contributed by atoms with van der Waals surface area (Å²) in [4.78, 5) is 27.6. The van der Waals surface area contributed by atoms with Crippen LogP contribution in [0.15, 0.2) is 78.4 Å². The van der Waals surface area contributed by atoms with Crippen molar-refractivity contribution < 1.29 is 28.9 Å². The number of aryl methyl sites for hydroxylation is 1. The third-order valence-corrected chi connectivity index (χ3v) is 6.82. The number of aliphatic hydroxyl groups is 1. The van der Waals surface area contributed by atoms with Crippen molar-refractivity contribution in [2.75, 3.05) is 26.9 Å². The zero-order valence-electron chi connectivity index (χ0n) is 22.7. The van der Waals surface area contributed by atoms with E-state index in [9.17, 15) is 14.7 Å². The van der Waals surface area contributed by atoms with Gasteiger partial charge in [-0.15, -0.1) is 0 Å². The molecule has 204 valence electrons. The van der Waals surface area contributed by atoms with Crippen molar-refractivity contribution in [3.05, 3.63) is 101 Å². The number of benzene rings is 3. The number of nitrogens with zero attached hydrogens (tertiary/aromatic N) is 1. The van der Waals surface area contributed by atoms with Gasteiger partial charge in [-0.2, -0.15) is 0 Å². The van der Waals surface area contributed by atoms with E-state index in [0.29, 0.717) is 35.8 Å². The van der Waals surface area contributed by atoms with Crippen molar-refractivity contribution >= 4 is 17.4 Å². The Morgan fingerprint density at radius 3 is 2.23 bits per heavy atom. The lowest BCUT2D eigenvalue weighted by molar-refractivity contribution is -0.140. The van der Waals surface area contributed by atoms with E-state index < -0.39 is 17.7 Å². The summed E-state index contributed by atoms with van der Waals surface area (Å²) in [6.45, 7) is 5.64. The van der Waals surface area contributed by atoms with E-state index in [1.807, 2.05) is 55.5 Å². The number of ketones is 1. The molecular formula is C32H35NO6. The highest BCUT2D eigenvalue weighted by atomic mass is 16.5. The number of Topliss-reactive ketones (excluding diaryl/α,β-unsaturated/α-hetero) is 1. The number of ether oxygens (including phenoxy) is 3. The molecule has 3 aromatic rings. The van der Waals surface area contributed by atoms with Gasteiger partial charge in [0.25, 0.3) is 11.7 Å². The Labute approximate surface area is 229 Å². The van der Waals surface area contributed by atoms with Gasteiger partial charge < -0.3 is 24.2 Å². The van der Waals surface area contributed by atoms with Crippen LogP contribution in [0.25, 0.3) is 5.76 Å². The Morgan fingerprint density at radius 2 is 1.56 bits per heavy atom. The lowest BCUT2D eigenvalue weighted by atomic mass is 9.95. The standard InChI is InChI=1S/C32H35NO6/c1-4-5-19-38-26-14-10-23(11-15-26)29-28(31(35)32(36)33(29)18-20-37-3)30(34)24-12-16-27(17-13-24)39-21-25-9-7-6-8-22(25)2/h6-17,29,34H,4-5,18-21H2,1-3H3/b30-28+. The molecule has 1 heterocycles. The summed E-state index contributed by atoms with van der Waals surface area (Å²) < 4.78 is 16.9. The zero-order chi connectivity index (χ0) is 27.8. The Morgan fingerprint density at radius 1 is 0.897 bits per heavy atom. The van der Waals surface area contributed by atoms with Gasteiger partial charge in [0, 0.05) is 19.2 Å². The second kappa shape index (κ2) is 13.1. The Balaban J connectivity index is 1.61. The summed E-state index contributed by atoms with van der Waals surface area (Å²) in [6.07, 6.45) is 1.99. The number of methoxy groups -OCH3 is 1. The highest BCUT2D eigenvalue weighted by molar-refractivity contribution is 6.46. The Bertz CT molecular complexity index is 1310. The molecule has 4 rings (SSSR count). The van der Waals surface area contributed by atoms with Gasteiger partial charge in [-0.3, -0.25) is 9.59 Å². The highest BCUT2D eigenvalue weighted by Crippen LogP contribution is 2.40. The molecule has 0 bridgehead atoms. The summed E-state index contributed by atoms with van der Waals surface area (Å²) >= 11 is 0. The highest BCUT2D eigenvalue weighted by Gasteiger charge is 2.45. The van der Waals surface area contributed by atoms with Gasteiger partial charge in [0.1, 0.15) is 23.9 Å². The van der Waals surface area contributed by atoms with Crippen LogP contribution in [0.1, 0.15) is 48.1 Å². The molecule has 1 aliphatic heterocycles. The summed E-state index contributed by atoms with van der Waals surface area (Å²) in [5, 5.41) is 11.3. The summed E-state index contributed by atoms with van der Waals surface area (Å²) in [7, 11) is 1.54. The molecular weight excluding hydrogens is 494 g/mol. The number of aliphatic hydroxyl groups excluding tert-OH is 1. The van der Waals surface area contributed by atoms with Crippen LogP contribution in [0, 0.1) is 6.92 Å². The first-order chi connectivity index (χ1) is 18.9. The number of hydrogen-bond donors (Lipinski definition) is 1. The van der Waals surface area contributed by atoms with Gasteiger partial charge in [-0.1, -0.05) is 49.7 Å². The van der Waals surface area contributed by atoms with Crippen LogP contribution in [0.2, 0.25) is 0 Å². The summed E-state index contributed by atoms with van der Waals surface area (Å²) in [5.41, 5.74) is 3.40. The monoisotopic (exact) mass is 529 g/mol. The van der Waals surface area contributed by atoms with E-state index in [1.54, 1.807) is 24.3 Å². The van der Waals surface area contributed by atoms with Gasteiger partial charge in [0.05, 0.1) is 24.8 Å². The van der Waals surface area contributed by atoms with E-state index >= 15 is 0 Å². The van der Waals surface area contributed by atoms with E-state index in [4.69, 9.17) is 14.2 Å². The molecule has 0 aromatic heterocycles.